The maximum Gasteiger partial charge on any atom is 0.306 e. The maximum absolute atomic E-state index is 12.9. The predicted molar refractivity (Wildman–Crippen MR) is 362 cm³/mol. The second-order valence-electron chi connectivity index (χ2n) is 23.0. The summed E-state index contributed by atoms with van der Waals surface area (Å²) in [7, 11) is 0. The molecule has 0 amide bonds. The lowest BCUT2D eigenvalue weighted by Crippen LogP contribution is -2.30. The molecule has 0 N–H and O–H groups in total. The second kappa shape index (κ2) is 70.3. The number of ether oxygens (including phenoxy) is 3. The van der Waals surface area contributed by atoms with E-state index in [1.54, 1.807) is 0 Å². The molecule has 83 heavy (non-hydrogen) atoms. The van der Waals surface area contributed by atoms with E-state index in [1.807, 2.05) is 0 Å². The highest BCUT2D eigenvalue weighted by molar-refractivity contribution is 5.71. The number of rotatable bonds is 63. The summed E-state index contributed by atoms with van der Waals surface area (Å²) < 4.78 is 16.9. The van der Waals surface area contributed by atoms with Gasteiger partial charge in [0.05, 0.1) is 0 Å². The zero-order valence-corrected chi connectivity index (χ0v) is 54.4. The molecule has 1 unspecified atom stereocenters. The van der Waals surface area contributed by atoms with Gasteiger partial charge in [-0.05, 0) is 103 Å². The molecule has 0 heterocycles. The van der Waals surface area contributed by atoms with Crippen molar-refractivity contribution in [2.75, 3.05) is 13.2 Å². The maximum atomic E-state index is 12.9. The molecule has 6 heteroatoms. The molecule has 0 fully saturated rings. The van der Waals surface area contributed by atoms with Gasteiger partial charge < -0.3 is 14.2 Å². The predicted octanol–water partition coefficient (Wildman–Crippen LogP) is 24.3. The van der Waals surface area contributed by atoms with Crippen molar-refractivity contribution in [3.8, 4) is 0 Å². The van der Waals surface area contributed by atoms with E-state index in [1.165, 1.54) is 167 Å². The summed E-state index contributed by atoms with van der Waals surface area (Å²) >= 11 is 0. The van der Waals surface area contributed by atoms with Crippen LogP contribution in [0, 0.1) is 0 Å². The van der Waals surface area contributed by atoms with Crippen molar-refractivity contribution in [1.82, 2.24) is 0 Å². The summed E-state index contributed by atoms with van der Waals surface area (Å²) in [6, 6.07) is 0. The van der Waals surface area contributed by atoms with Gasteiger partial charge in [0, 0.05) is 19.3 Å². The normalized spacial score (nSPS) is 12.9. The van der Waals surface area contributed by atoms with Gasteiger partial charge in [0.25, 0.3) is 0 Å². The van der Waals surface area contributed by atoms with Crippen LogP contribution >= 0.6 is 0 Å². The fraction of sp³-hybridized carbons (Fsp3) is 0.701. The third kappa shape index (κ3) is 68.5. The summed E-state index contributed by atoms with van der Waals surface area (Å²) in [5.74, 6) is -0.994. The first-order valence-electron chi connectivity index (χ1n) is 35.0. The molecule has 0 aliphatic rings. The molecule has 6 nitrogen and oxygen atoms in total. The fourth-order valence-electron chi connectivity index (χ4n) is 9.80. The van der Waals surface area contributed by atoms with Gasteiger partial charge in [-0.15, -0.1) is 0 Å². The first kappa shape index (κ1) is 78.8. The van der Waals surface area contributed by atoms with Crippen LogP contribution in [-0.2, 0) is 28.6 Å². The van der Waals surface area contributed by atoms with E-state index >= 15 is 0 Å². The van der Waals surface area contributed by atoms with Crippen molar-refractivity contribution in [1.29, 1.82) is 0 Å². The molecule has 1 atom stereocenters. The van der Waals surface area contributed by atoms with Gasteiger partial charge in [0.2, 0.25) is 0 Å². The van der Waals surface area contributed by atoms with Gasteiger partial charge >= 0.3 is 17.9 Å². The molecule has 0 spiro atoms. The van der Waals surface area contributed by atoms with Crippen molar-refractivity contribution in [2.24, 2.45) is 0 Å². The molecule has 474 valence electrons. The minimum absolute atomic E-state index is 0.110. The Hall–Kier alpha value is -4.19. The van der Waals surface area contributed by atoms with Crippen molar-refractivity contribution in [3.63, 3.8) is 0 Å². The second-order valence-corrected chi connectivity index (χ2v) is 23.0. The molecule has 0 bridgehead atoms. The lowest BCUT2D eigenvalue weighted by molar-refractivity contribution is -0.167. The molecule has 0 rings (SSSR count). The zero-order chi connectivity index (χ0) is 59.9. The topological polar surface area (TPSA) is 78.9 Å². The van der Waals surface area contributed by atoms with E-state index in [4.69, 9.17) is 14.2 Å². The van der Waals surface area contributed by atoms with Crippen molar-refractivity contribution >= 4 is 17.9 Å². The molecule has 0 aromatic heterocycles. The van der Waals surface area contributed by atoms with E-state index in [2.05, 4.69) is 142 Å². The van der Waals surface area contributed by atoms with E-state index in [9.17, 15) is 14.4 Å². The van der Waals surface area contributed by atoms with Gasteiger partial charge in [-0.2, -0.15) is 0 Å². The summed E-state index contributed by atoms with van der Waals surface area (Å²) in [4.78, 5) is 38.4. The van der Waals surface area contributed by atoms with E-state index < -0.39 is 6.10 Å². The Morgan fingerprint density at radius 2 is 0.482 bits per heavy atom. The minimum Gasteiger partial charge on any atom is -0.462 e. The first-order valence-corrected chi connectivity index (χ1v) is 35.0. The molecule has 0 aliphatic heterocycles. The molecule has 0 radical (unpaired) electrons. The Morgan fingerprint density at radius 1 is 0.253 bits per heavy atom. The monoisotopic (exact) mass is 1150 g/mol. The number of hydrogen-bond donors (Lipinski definition) is 0. The lowest BCUT2D eigenvalue weighted by atomic mass is 10.0. The zero-order valence-electron chi connectivity index (χ0n) is 54.4. The van der Waals surface area contributed by atoms with Crippen LogP contribution in [0.3, 0.4) is 0 Å². The van der Waals surface area contributed by atoms with Crippen molar-refractivity contribution in [2.45, 2.75) is 335 Å². The molecular formula is C77H130O6. The summed E-state index contributed by atoms with van der Waals surface area (Å²) in [5.41, 5.74) is 0. The SMILES string of the molecule is CC/C=C\C/C=C\C/C=C\C/C=C\C/C=C\CCCCCC(=O)OC(COC(=O)CCC/C=C\C/C=C\C/C=C\C/C=C\C/C=C\CC)COC(=O)CCCCCCCCCCCCCCCCCCCCCCCCCCCCCCC. The van der Waals surface area contributed by atoms with E-state index in [0.717, 1.165) is 109 Å². The van der Waals surface area contributed by atoms with Gasteiger partial charge in [-0.1, -0.05) is 328 Å². The Bertz CT molecular complexity index is 1700. The highest BCUT2D eigenvalue weighted by Gasteiger charge is 2.19. The lowest BCUT2D eigenvalue weighted by Gasteiger charge is -2.18. The van der Waals surface area contributed by atoms with Gasteiger partial charge in [-0.25, -0.2) is 0 Å². The Labute approximate surface area is 513 Å². The van der Waals surface area contributed by atoms with Crippen LogP contribution in [0.5, 0.6) is 0 Å². The van der Waals surface area contributed by atoms with Crippen LogP contribution in [0.15, 0.2) is 122 Å². The van der Waals surface area contributed by atoms with E-state index in [0.29, 0.717) is 19.3 Å². The summed E-state index contributed by atoms with van der Waals surface area (Å²) in [5, 5.41) is 0. The average molecular weight is 1150 g/mol. The molecular weight excluding hydrogens is 1020 g/mol. The van der Waals surface area contributed by atoms with Crippen LogP contribution < -0.4 is 0 Å². The van der Waals surface area contributed by atoms with Gasteiger partial charge in [0.15, 0.2) is 6.10 Å². The fourth-order valence-corrected chi connectivity index (χ4v) is 9.80. The number of unbranched alkanes of at least 4 members (excludes halogenated alkanes) is 32. The van der Waals surface area contributed by atoms with Crippen molar-refractivity contribution < 1.29 is 28.6 Å². The van der Waals surface area contributed by atoms with Crippen molar-refractivity contribution in [3.05, 3.63) is 122 Å². The Morgan fingerprint density at radius 3 is 0.783 bits per heavy atom. The molecule has 0 saturated carbocycles. The van der Waals surface area contributed by atoms with Crippen LogP contribution in [0.2, 0.25) is 0 Å². The number of carbonyl (C=O) groups is 3. The number of hydrogen-bond acceptors (Lipinski definition) is 6. The highest BCUT2D eigenvalue weighted by Crippen LogP contribution is 2.18. The average Bonchev–Trinajstić information content (AvgIpc) is 3.49. The number of esters is 3. The first-order chi connectivity index (χ1) is 41.0. The largest absolute Gasteiger partial charge is 0.462 e. The number of allylic oxidation sites excluding steroid dienone is 20. The summed E-state index contributed by atoms with van der Waals surface area (Å²) in [6.45, 7) is 6.37. The molecule has 0 aromatic carbocycles. The van der Waals surface area contributed by atoms with Crippen LogP contribution in [0.25, 0.3) is 0 Å². The quantitative estimate of drug-likeness (QED) is 0.0261. The van der Waals surface area contributed by atoms with Gasteiger partial charge in [-0.3, -0.25) is 14.4 Å². The Balaban J connectivity index is 4.36. The molecule has 0 saturated heterocycles. The molecule has 0 aromatic rings. The van der Waals surface area contributed by atoms with E-state index in [-0.39, 0.29) is 44.0 Å². The number of carbonyl (C=O) groups excluding carboxylic acids is 3. The minimum atomic E-state index is -0.823. The third-order valence-corrected chi connectivity index (χ3v) is 15.0. The third-order valence-electron chi connectivity index (χ3n) is 15.0. The van der Waals surface area contributed by atoms with Crippen LogP contribution in [0.1, 0.15) is 329 Å². The Kier molecular flexibility index (Phi) is 66.7. The van der Waals surface area contributed by atoms with Crippen LogP contribution in [0.4, 0.5) is 0 Å². The highest BCUT2D eigenvalue weighted by atomic mass is 16.6. The standard InChI is InChI=1S/C77H130O6/c1-4-7-10-13-16-19-22-25-28-31-33-34-35-36-37-38-39-40-41-42-44-46-49-52-55-58-61-64-67-70-76(79)82-73-74(72-81-75(78)69-66-63-60-57-54-51-48-45-30-27-24-21-18-15-12-9-6-3)83-77(80)71-68-65-62-59-56-53-50-47-43-32-29-26-23-20-17-14-11-8-5-2/h8-9,11-12,17-18,20-21,26-27,29-30,43,47-48,51,53,56-57,60,74H,4-7,10,13-16,19,22-25,28,31-42,44-46,49-50,52,54-55,58-59,61-73H2,1-3H3/b11-8-,12-9-,20-17-,21-18-,29-26-,30-27-,47-43-,51-48-,56-53-,60-57-. The summed E-state index contributed by atoms with van der Waals surface area (Å²) in [6.07, 6.45) is 98.2. The smallest absolute Gasteiger partial charge is 0.306 e. The van der Waals surface area contributed by atoms with Gasteiger partial charge in [0.1, 0.15) is 13.2 Å². The molecule has 0 aliphatic carbocycles. The van der Waals surface area contributed by atoms with Crippen LogP contribution in [-0.4, -0.2) is 37.2 Å².